The fraction of sp³-hybridized carbons (Fsp3) is 0.632. The standard InChI is InChI=1S/C19H31N3O2S.HI/c1-4-20-19(22-15-7-6-8-16(12-15)25-5-2)21-13-14-9-10-18(24-3)17(23)11-14;/h9-11,15-16,23H,4-8,12-13H2,1-3H3,(H2,20,21,22);1H. The lowest BCUT2D eigenvalue weighted by molar-refractivity contribution is 0.373. The number of hydrogen-bond donors (Lipinski definition) is 3. The van der Waals surface area contributed by atoms with E-state index in [-0.39, 0.29) is 29.7 Å². The lowest BCUT2D eigenvalue weighted by Crippen LogP contribution is -2.45. The third-order valence-corrected chi connectivity index (χ3v) is 5.61. The lowest BCUT2D eigenvalue weighted by Gasteiger charge is -2.30. The molecular formula is C19H32IN3O2S. The summed E-state index contributed by atoms with van der Waals surface area (Å²) in [6, 6.07) is 5.90. The second-order valence-corrected chi connectivity index (χ2v) is 7.86. The van der Waals surface area contributed by atoms with E-state index in [1.54, 1.807) is 19.2 Å². The minimum absolute atomic E-state index is 0. The van der Waals surface area contributed by atoms with Crippen LogP contribution in [0.4, 0.5) is 0 Å². The Labute approximate surface area is 178 Å². The molecule has 0 spiro atoms. The fourth-order valence-electron chi connectivity index (χ4n) is 3.18. The van der Waals surface area contributed by atoms with Gasteiger partial charge in [-0.15, -0.1) is 24.0 Å². The summed E-state index contributed by atoms with van der Waals surface area (Å²) in [6.07, 6.45) is 5.01. The Morgan fingerprint density at radius 1 is 1.35 bits per heavy atom. The molecule has 7 heteroatoms. The summed E-state index contributed by atoms with van der Waals surface area (Å²) in [4.78, 5) is 4.68. The zero-order valence-corrected chi connectivity index (χ0v) is 19.1. The summed E-state index contributed by atoms with van der Waals surface area (Å²) < 4.78 is 5.08. The number of phenolic OH excluding ortho intramolecular Hbond substituents is 1. The van der Waals surface area contributed by atoms with Gasteiger partial charge in [-0.2, -0.15) is 11.8 Å². The van der Waals surface area contributed by atoms with Crippen molar-refractivity contribution in [3.63, 3.8) is 0 Å². The van der Waals surface area contributed by atoms with Gasteiger partial charge in [-0.25, -0.2) is 4.99 Å². The average Bonchev–Trinajstić information content (AvgIpc) is 2.61. The average molecular weight is 493 g/mol. The number of guanidine groups is 1. The molecule has 0 aromatic heterocycles. The van der Waals surface area contributed by atoms with Crippen molar-refractivity contribution >= 4 is 41.7 Å². The molecule has 2 atom stereocenters. The molecule has 0 heterocycles. The zero-order valence-electron chi connectivity index (χ0n) is 16.0. The Kier molecular flexibility index (Phi) is 11.2. The van der Waals surface area contributed by atoms with Crippen LogP contribution in [0.15, 0.2) is 23.2 Å². The molecule has 0 saturated heterocycles. The van der Waals surface area contributed by atoms with Gasteiger partial charge in [0.15, 0.2) is 17.5 Å². The number of hydrogen-bond acceptors (Lipinski definition) is 4. The first-order valence-corrected chi connectivity index (χ1v) is 10.2. The van der Waals surface area contributed by atoms with Gasteiger partial charge < -0.3 is 20.5 Å². The minimum Gasteiger partial charge on any atom is -0.504 e. The number of ether oxygens (including phenoxy) is 1. The quantitative estimate of drug-likeness (QED) is 0.303. The second kappa shape index (κ2) is 12.5. The number of aromatic hydroxyl groups is 1. The largest absolute Gasteiger partial charge is 0.504 e. The first-order chi connectivity index (χ1) is 12.2. The lowest BCUT2D eigenvalue weighted by atomic mass is 9.95. The molecule has 0 radical (unpaired) electrons. The highest BCUT2D eigenvalue weighted by Gasteiger charge is 2.22. The van der Waals surface area contributed by atoms with Crippen molar-refractivity contribution in [2.45, 2.75) is 57.4 Å². The highest BCUT2D eigenvalue weighted by molar-refractivity contribution is 14.0. The Hall–Kier alpha value is -0.830. The van der Waals surface area contributed by atoms with Crippen molar-refractivity contribution in [2.24, 2.45) is 4.99 Å². The van der Waals surface area contributed by atoms with Crippen molar-refractivity contribution in [3.8, 4) is 11.5 Å². The van der Waals surface area contributed by atoms with Gasteiger partial charge in [-0.05, 0) is 49.6 Å². The van der Waals surface area contributed by atoms with E-state index in [1.807, 2.05) is 6.07 Å². The predicted molar refractivity (Wildman–Crippen MR) is 122 cm³/mol. The van der Waals surface area contributed by atoms with Crippen LogP contribution in [0.2, 0.25) is 0 Å². The van der Waals surface area contributed by atoms with E-state index < -0.39 is 0 Å². The summed E-state index contributed by atoms with van der Waals surface area (Å²) >= 11 is 2.07. The summed E-state index contributed by atoms with van der Waals surface area (Å²) in [6.45, 7) is 5.66. The molecule has 148 valence electrons. The van der Waals surface area contributed by atoms with Crippen molar-refractivity contribution in [2.75, 3.05) is 19.4 Å². The molecule has 0 aliphatic heterocycles. The van der Waals surface area contributed by atoms with Crippen molar-refractivity contribution in [1.29, 1.82) is 0 Å². The van der Waals surface area contributed by atoms with Gasteiger partial charge in [-0.1, -0.05) is 19.4 Å². The highest BCUT2D eigenvalue weighted by Crippen LogP contribution is 2.28. The van der Waals surface area contributed by atoms with Crippen LogP contribution in [0.25, 0.3) is 0 Å². The maximum atomic E-state index is 9.89. The van der Waals surface area contributed by atoms with E-state index in [9.17, 15) is 5.11 Å². The molecule has 1 saturated carbocycles. The second-order valence-electron chi connectivity index (χ2n) is 6.29. The number of rotatable bonds is 7. The number of nitrogens with one attached hydrogen (secondary N) is 2. The monoisotopic (exact) mass is 493 g/mol. The minimum atomic E-state index is 0. The third kappa shape index (κ3) is 7.42. The first-order valence-electron chi connectivity index (χ1n) is 9.18. The van der Waals surface area contributed by atoms with E-state index in [0.717, 1.165) is 23.3 Å². The van der Waals surface area contributed by atoms with Crippen molar-refractivity contribution < 1.29 is 9.84 Å². The molecule has 5 nitrogen and oxygen atoms in total. The predicted octanol–water partition coefficient (Wildman–Crippen LogP) is 4.14. The maximum Gasteiger partial charge on any atom is 0.191 e. The summed E-state index contributed by atoms with van der Waals surface area (Å²) in [7, 11) is 1.55. The number of halogens is 1. The number of benzene rings is 1. The van der Waals surface area contributed by atoms with E-state index in [4.69, 9.17) is 4.74 Å². The highest BCUT2D eigenvalue weighted by atomic mass is 127. The Morgan fingerprint density at radius 2 is 2.15 bits per heavy atom. The van der Waals surface area contributed by atoms with Crippen LogP contribution >= 0.6 is 35.7 Å². The normalized spacial score (nSPS) is 20.2. The number of methoxy groups -OCH3 is 1. The molecule has 0 bridgehead atoms. The molecule has 2 unspecified atom stereocenters. The van der Waals surface area contributed by atoms with Crippen LogP contribution in [-0.2, 0) is 6.54 Å². The summed E-state index contributed by atoms with van der Waals surface area (Å²) in [5.74, 6) is 2.68. The summed E-state index contributed by atoms with van der Waals surface area (Å²) in [5.41, 5.74) is 0.957. The first kappa shape index (κ1) is 23.2. The number of thioether (sulfide) groups is 1. The van der Waals surface area contributed by atoms with Gasteiger partial charge in [0.2, 0.25) is 0 Å². The van der Waals surface area contributed by atoms with Gasteiger partial charge in [0.05, 0.1) is 13.7 Å². The van der Waals surface area contributed by atoms with Gasteiger partial charge in [0.25, 0.3) is 0 Å². The van der Waals surface area contributed by atoms with E-state index in [1.165, 1.54) is 31.4 Å². The van der Waals surface area contributed by atoms with E-state index in [2.05, 4.69) is 41.2 Å². The van der Waals surface area contributed by atoms with Crippen LogP contribution in [0.1, 0.15) is 45.1 Å². The molecule has 1 aliphatic rings. The zero-order chi connectivity index (χ0) is 18.1. The molecule has 1 aromatic carbocycles. The van der Waals surface area contributed by atoms with Crippen molar-refractivity contribution in [1.82, 2.24) is 10.6 Å². The van der Waals surface area contributed by atoms with Crippen LogP contribution in [0.3, 0.4) is 0 Å². The van der Waals surface area contributed by atoms with E-state index in [0.29, 0.717) is 18.3 Å². The molecular weight excluding hydrogens is 461 g/mol. The molecule has 1 aromatic rings. The number of aliphatic imine (C=N–C) groups is 1. The topological polar surface area (TPSA) is 65.9 Å². The van der Waals surface area contributed by atoms with Crippen LogP contribution in [0.5, 0.6) is 11.5 Å². The molecule has 3 N–H and O–H groups in total. The summed E-state index contributed by atoms with van der Waals surface area (Å²) in [5, 5.41) is 17.6. The van der Waals surface area contributed by atoms with Crippen LogP contribution in [-0.4, -0.2) is 41.8 Å². The fourth-order valence-corrected chi connectivity index (χ4v) is 4.35. The molecule has 1 aliphatic carbocycles. The molecule has 2 rings (SSSR count). The Bertz CT molecular complexity index is 570. The number of phenols is 1. The van der Waals surface area contributed by atoms with Crippen LogP contribution < -0.4 is 15.4 Å². The van der Waals surface area contributed by atoms with Crippen molar-refractivity contribution in [3.05, 3.63) is 23.8 Å². The van der Waals surface area contributed by atoms with Crippen LogP contribution in [0, 0.1) is 0 Å². The van der Waals surface area contributed by atoms with Gasteiger partial charge >= 0.3 is 0 Å². The molecule has 1 fully saturated rings. The smallest absolute Gasteiger partial charge is 0.191 e. The van der Waals surface area contributed by atoms with Gasteiger partial charge in [0, 0.05) is 17.8 Å². The third-order valence-electron chi connectivity index (χ3n) is 4.38. The Morgan fingerprint density at radius 3 is 2.81 bits per heavy atom. The molecule has 26 heavy (non-hydrogen) atoms. The maximum absolute atomic E-state index is 9.89. The van der Waals surface area contributed by atoms with Gasteiger partial charge in [0.1, 0.15) is 0 Å². The molecule has 0 amide bonds. The Balaban J connectivity index is 0.00000338. The SMILES string of the molecule is CCNC(=NCc1ccc(OC)c(O)c1)NC1CCCC(SCC)C1.I. The van der Waals surface area contributed by atoms with E-state index >= 15 is 0 Å². The number of nitrogens with zero attached hydrogens (tertiary/aromatic N) is 1. The van der Waals surface area contributed by atoms with Gasteiger partial charge in [-0.3, -0.25) is 0 Å².